The molecule has 2 rings (SSSR count). The number of carbonyl (C=O) groups is 1. The lowest BCUT2D eigenvalue weighted by Gasteiger charge is -2.07. The van der Waals surface area contributed by atoms with Crippen molar-refractivity contribution in [3.8, 4) is 0 Å². The molecule has 0 bridgehead atoms. The summed E-state index contributed by atoms with van der Waals surface area (Å²) < 4.78 is 0. The van der Waals surface area contributed by atoms with Crippen molar-refractivity contribution in [3.63, 3.8) is 0 Å². The molecule has 0 aliphatic rings. The van der Waals surface area contributed by atoms with Crippen molar-refractivity contribution in [1.82, 2.24) is 10.3 Å². The number of aromatic nitrogens is 1. The van der Waals surface area contributed by atoms with E-state index in [-0.39, 0.29) is 5.56 Å². The van der Waals surface area contributed by atoms with Crippen molar-refractivity contribution >= 4 is 5.97 Å². The number of nitrogens with zero attached hydrogens (tertiary/aromatic N) is 1. The van der Waals surface area contributed by atoms with Gasteiger partial charge in [-0.2, -0.15) is 0 Å². The molecule has 98 valence electrons. The maximum absolute atomic E-state index is 10.7. The first-order valence-corrected chi connectivity index (χ1v) is 6.10. The largest absolute Gasteiger partial charge is 0.478 e. The van der Waals surface area contributed by atoms with E-state index in [2.05, 4.69) is 29.4 Å². The Bertz CT molecular complexity index is 565. The second kappa shape index (κ2) is 6.11. The van der Waals surface area contributed by atoms with Gasteiger partial charge in [-0.25, -0.2) is 4.79 Å². The monoisotopic (exact) mass is 256 g/mol. The molecule has 0 spiro atoms. The summed E-state index contributed by atoms with van der Waals surface area (Å²) >= 11 is 0. The van der Waals surface area contributed by atoms with E-state index < -0.39 is 5.97 Å². The van der Waals surface area contributed by atoms with Crippen LogP contribution in [0.3, 0.4) is 0 Å². The maximum Gasteiger partial charge on any atom is 0.337 e. The molecule has 0 aliphatic carbocycles. The number of nitrogens with one attached hydrogen (secondary N) is 1. The summed E-state index contributed by atoms with van der Waals surface area (Å²) in [6.07, 6.45) is 1.38. The Morgan fingerprint density at radius 3 is 2.63 bits per heavy atom. The first kappa shape index (κ1) is 13.2. The van der Waals surface area contributed by atoms with Gasteiger partial charge in [0.05, 0.1) is 11.3 Å². The lowest BCUT2D eigenvalue weighted by atomic mass is 10.1. The van der Waals surface area contributed by atoms with Gasteiger partial charge in [0.2, 0.25) is 0 Å². The summed E-state index contributed by atoms with van der Waals surface area (Å²) in [6.45, 7) is 3.47. The van der Waals surface area contributed by atoms with Crippen LogP contribution in [0.1, 0.15) is 27.2 Å². The number of aryl methyl sites for hydroxylation is 1. The van der Waals surface area contributed by atoms with Gasteiger partial charge >= 0.3 is 5.97 Å². The standard InChI is InChI=1S/C15H16N2O2/c1-11-4-2-3-5-12(11)8-16-10-14-7-6-13(9-17-14)15(18)19/h2-7,9,16H,8,10H2,1H3,(H,18,19). The molecule has 1 heterocycles. The molecule has 2 aromatic rings. The zero-order chi connectivity index (χ0) is 13.7. The van der Waals surface area contributed by atoms with E-state index in [0.717, 1.165) is 12.2 Å². The summed E-state index contributed by atoms with van der Waals surface area (Å²) in [5.41, 5.74) is 3.55. The number of benzene rings is 1. The van der Waals surface area contributed by atoms with E-state index in [4.69, 9.17) is 5.11 Å². The van der Waals surface area contributed by atoms with Crippen molar-refractivity contribution in [3.05, 3.63) is 65.0 Å². The minimum absolute atomic E-state index is 0.211. The van der Waals surface area contributed by atoms with Gasteiger partial charge < -0.3 is 10.4 Å². The maximum atomic E-state index is 10.7. The third kappa shape index (κ3) is 3.63. The zero-order valence-electron chi connectivity index (χ0n) is 10.8. The van der Waals surface area contributed by atoms with E-state index in [1.165, 1.54) is 17.3 Å². The zero-order valence-corrected chi connectivity index (χ0v) is 10.8. The highest BCUT2D eigenvalue weighted by atomic mass is 16.4. The third-order valence-corrected chi connectivity index (χ3v) is 2.95. The molecule has 19 heavy (non-hydrogen) atoms. The Morgan fingerprint density at radius 2 is 2.00 bits per heavy atom. The van der Waals surface area contributed by atoms with E-state index in [1.54, 1.807) is 12.1 Å². The molecule has 2 N–H and O–H groups in total. The fraction of sp³-hybridized carbons (Fsp3) is 0.200. The third-order valence-electron chi connectivity index (χ3n) is 2.95. The van der Waals surface area contributed by atoms with Crippen LogP contribution < -0.4 is 5.32 Å². The highest BCUT2D eigenvalue weighted by molar-refractivity contribution is 5.87. The first-order chi connectivity index (χ1) is 9.16. The summed E-state index contributed by atoms with van der Waals surface area (Å²) in [6, 6.07) is 11.5. The molecule has 4 heteroatoms. The molecule has 0 fully saturated rings. The van der Waals surface area contributed by atoms with Gasteiger partial charge in [-0.15, -0.1) is 0 Å². The predicted octanol–water partition coefficient (Wildman–Crippen LogP) is 2.38. The number of hydrogen-bond donors (Lipinski definition) is 2. The Kier molecular flexibility index (Phi) is 4.26. The highest BCUT2D eigenvalue weighted by Gasteiger charge is 2.03. The van der Waals surface area contributed by atoms with Crippen LogP contribution in [0.25, 0.3) is 0 Å². The number of rotatable bonds is 5. The molecule has 1 aromatic carbocycles. The number of aromatic carboxylic acids is 1. The summed E-state index contributed by atoms with van der Waals surface area (Å²) in [4.78, 5) is 14.8. The van der Waals surface area contributed by atoms with Crippen LogP contribution in [0, 0.1) is 6.92 Å². The normalized spacial score (nSPS) is 10.4. The van der Waals surface area contributed by atoms with Gasteiger partial charge in [0.25, 0.3) is 0 Å². The van der Waals surface area contributed by atoms with Crippen LogP contribution in [0.4, 0.5) is 0 Å². The molecular formula is C15H16N2O2. The Morgan fingerprint density at radius 1 is 1.21 bits per heavy atom. The van der Waals surface area contributed by atoms with E-state index in [1.807, 2.05) is 12.1 Å². The molecule has 0 amide bonds. The smallest absolute Gasteiger partial charge is 0.337 e. The van der Waals surface area contributed by atoms with Gasteiger partial charge in [0.15, 0.2) is 0 Å². The van der Waals surface area contributed by atoms with E-state index in [0.29, 0.717) is 6.54 Å². The summed E-state index contributed by atoms with van der Waals surface area (Å²) in [5.74, 6) is -0.952. The lowest BCUT2D eigenvalue weighted by Crippen LogP contribution is -2.14. The second-order valence-corrected chi connectivity index (χ2v) is 4.37. The van der Waals surface area contributed by atoms with Gasteiger partial charge in [-0.05, 0) is 30.2 Å². The van der Waals surface area contributed by atoms with E-state index in [9.17, 15) is 4.79 Å². The number of carboxylic acid groups (broad SMARTS) is 1. The summed E-state index contributed by atoms with van der Waals surface area (Å²) in [5, 5.41) is 12.1. The average Bonchev–Trinajstić information content (AvgIpc) is 2.41. The Hall–Kier alpha value is -2.20. The van der Waals surface area contributed by atoms with Crippen LogP contribution in [0.5, 0.6) is 0 Å². The molecule has 4 nitrogen and oxygen atoms in total. The molecule has 0 saturated heterocycles. The van der Waals surface area contributed by atoms with Crippen LogP contribution in [-0.4, -0.2) is 16.1 Å². The minimum Gasteiger partial charge on any atom is -0.478 e. The highest BCUT2D eigenvalue weighted by Crippen LogP contribution is 2.06. The second-order valence-electron chi connectivity index (χ2n) is 4.37. The van der Waals surface area contributed by atoms with Gasteiger partial charge in [0, 0.05) is 19.3 Å². The lowest BCUT2D eigenvalue weighted by molar-refractivity contribution is 0.0696. The molecule has 1 aromatic heterocycles. The quantitative estimate of drug-likeness (QED) is 0.862. The molecule has 0 radical (unpaired) electrons. The molecule has 0 unspecified atom stereocenters. The molecular weight excluding hydrogens is 240 g/mol. The van der Waals surface area contributed by atoms with Crippen molar-refractivity contribution in [2.24, 2.45) is 0 Å². The molecule has 0 saturated carbocycles. The SMILES string of the molecule is Cc1ccccc1CNCc1ccc(C(=O)O)cn1. The number of carboxylic acids is 1. The molecule has 0 aliphatic heterocycles. The van der Waals surface area contributed by atoms with Crippen molar-refractivity contribution < 1.29 is 9.90 Å². The number of hydrogen-bond acceptors (Lipinski definition) is 3. The fourth-order valence-electron chi connectivity index (χ4n) is 1.79. The van der Waals surface area contributed by atoms with Crippen molar-refractivity contribution in [1.29, 1.82) is 0 Å². The Labute approximate surface area is 112 Å². The Balaban J connectivity index is 1.89. The van der Waals surface area contributed by atoms with Crippen molar-refractivity contribution in [2.75, 3.05) is 0 Å². The average molecular weight is 256 g/mol. The fourth-order valence-corrected chi connectivity index (χ4v) is 1.79. The topological polar surface area (TPSA) is 62.2 Å². The van der Waals surface area contributed by atoms with Crippen LogP contribution >= 0.6 is 0 Å². The van der Waals surface area contributed by atoms with Crippen LogP contribution in [0.15, 0.2) is 42.6 Å². The van der Waals surface area contributed by atoms with Crippen LogP contribution in [0.2, 0.25) is 0 Å². The van der Waals surface area contributed by atoms with Crippen LogP contribution in [-0.2, 0) is 13.1 Å². The minimum atomic E-state index is -0.952. The van der Waals surface area contributed by atoms with Crippen molar-refractivity contribution in [2.45, 2.75) is 20.0 Å². The predicted molar refractivity (Wildman–Crippen MR) is 72.9 cm³/mol. The van der Waals surface area contributed by atoms with Gasteiger partial charge in [-0.1, -0.05) is 24.3 Å². The van der Waals surface area contributed by atoms with E-state index >= 15 is 0 Å². The summed E-state index contributed by atoms with van der Waals surface area (Å²) in [7, 11) is 0. The first-order valence-electron chi connectivity index (χ1n) is 6.10. The molecule has 0 atom stereocenters. The van der Waals surface area contributed by atoms with Gasteiger partial charge in [0.1, 0.15) is 0 Å². The van der Waals surface area contributed by atoms with Gasteiger partial charge in [-0.3, -0.25) is 4.98 Å². The number of pyridine rings is 1.